The van der Waals surface area contributed by atoms with Crippen LogP contribution >= 0.6 is 0 Å². The molecular formula is C20H26N8O. The van der Waals surface area contributed by atoms with Gasteiger partial charge in [0.1, 0.15) is 6.33 Å². The summed E-state index contributed by atoms with van der Waals surface area (Å²) >= 11 is 0. The number of aryl methyl sites for hydroxylation is 3. The van der Waals surface area contributed by atoms with Crippen LogP contribution in [0, 0.1) is 13.8 Å². The molecule has 0 unspecified atom stereocenters. The molecule has 152 valence electrons. The van der Waals surface area contributed by atoms with Gasteiger partial charge in [0.25, 0.3) is 0 Å². The number of aromatic nitrogens is 5. The maximum Gasteiger partial charge on any atom is 0.238 e. The molecule has 0 atom stereocenters. The molecule has 2 aromatic heterocycles. The summed E-state index contributed by atoms with van der Waals surface area (Å²) in [6, 6.07) is 5.98. The number of piperazine rings is 1. The van der Waals surface area contributed by atoms with Gasteiger partial charge in [0.15, 0.2) is 17.0 Å². The van der Waals surface area contributed by atoms with E-state index in [1.807, 2.05) is 32.0 Å². The van der Waals surface area contributed by atoms with E-state index in [-0.39, 0.29) is 5.91 Å². The van der Waals surface area contributed by atoms with E-state index in [1.54, 1.807) is 11.0 Å². The lowest BCUT2D eigenvalue weighted by atomic mass is 10.1. The normalized spacial score (nSPS) is 15.1. The summed E-state index contributed by atoms with van der Waals surface area (Å²) < 4.78 is 1.77. The molecule has 1 saturated heterocycles. The van der Waals surface area contributed by atoms with E-state index in [1.165, 1.54) is 11.1 Å². The minimum atomic E-state index is 0.0111. The van der Waals surface area contributed by atoms with E-state index in [9.17, 15) is 4.79 Å². The van der Waals surface area contributed by atoms with Crippen molar-refractivity contribution in [1.82, 2.24) is 29.9 Å². The number of amides is 1. The quantitative estimate of drug-likeness (QED) is 0.703. The van der Waals surface area contributed by atoms with E-state index in [2.05, 4.69) is 42.3 Å². The molecule has 1 aromatic carbocycles. The highest BCUT2D eigenvalue weighted by molar-refractivity contribution is 5.92. The van der Waals surface area contributed by atoms with Gasteiger partial charge in [-0.2, -0.15) is 0 Å². The van der Waals surface area contributed by atoms with Crippen molar-refractivity contribution in [3.05, 3.63) is 35.7 Å². The number of carbonyl (C=O) groups is 1. The second-order valence-electron chi connectivity index (χ2n) is 7.39. The van der Waals surface area contributed by atoms with E-state index in [0.29, 0.717) is 6.54 Å². The molecule has 0 saturated carbocycles. The van der Waals surface area contributed by atoms with Crippen molar-refractivity contribution >= 4 is 28.6 Å². The molecule has 0 bridgehead atoms. The van der Waals surface area contributed by atoms with Gasteiger partial charge in [0.2, 0.25) is 5.91 Å². The van der Waals surface area contributed by atoms with E-state index < -0.39 is 0 Å². The Hall–Kier alpha value is -3.07. The number of hydrogen-bond acceptors (Lipinski definition) is 7. The minimum Gasteiger partial charge on any atom is -0.352 e. The summed E-state index contributed by atoms with van der Waals surface area (Å²) in [5, 5.41) is 11.4. The van der Waals surface area contributed by atoms with Crippen molar-refractivity contribution in [2.75, 3.05) is 42.9 Å². The SMILES string of the molecule is CCn1nnc2c(N3CCN(CC(=O)Nc4ccc(C)c(C)c4)CC3)ncnc21. The summed E-state index contributed by atoms with van der Waals surface area (Å²) in [7, 11) is 0. The Morgan fingerprint density at radius 3 is 2.62 bits per heavy atom. The van der Waals surface area contributed by atoms with Gasteiger partial charge < -0.3 is 10.2 Å². The fourth-order valence-corrected chi connectivity index (χ4v) is 3.56. The molecule has 0 spiro atoms. The highest BCUT2D eigenvalue weighted by Gasteiger charge is 2.23. The molecule has 3 heterocycles. The lowest BCUT2D eigenvalue weighted by molar-refractivity contribution is -0.117. The van der Waals surface area contributed by atoms with Gasteiger partial charge in [-0.15, -0.1) is 5.10 Å². The molecule has 9 heteroatoms. The maximum absolute atomic E-state index is 12.4. The van der Waals surface area contributed by atoms with Crippen LogP contribution in [-0.2, 0) is 11.3 Å². The molecule has 0 aliphatic carbocycles. The number of anilines is 2. The Bertz CT molecular complexity index is 1020. The van der Waals surface area contributed by atoms with Crippen LogP contribution in [0.2, 0.25) is 0 Å². The van der Waals surface area contributed by atoms with Crippen LogP contribution in [0.5, 0.6) is 0 Å². The zero-order chi connectivity index (χ0) is 20.4. The highest BCUT2D eigenvalue weighted by atomic mass is 16.2. The van der Waals surface area contributed by atoms with Gasteiger partial charge in [0.05, 0.1) is 6.54 Å². The first-order valence-corrected chi connectivity index (χ1v) is 9.93. The largest absolute Gasteiger partial charge is 0.352 e. The first kappa shape index (κ1) is 19.3. The first-order chi connectivity index (χ1) is 14.0. The topological polar surface area (TPSA) is 92.1 Å². The molecule has 3 aromatic rings. The summed E-state index contributed by atoms with van der Waals surface area (Å²) in [4.78, 5) is 25.5. The Labute approximate surface area is 169 Å². The standard InChI is InChI=1S/C20H26N8O/c1-4-28-20-18(24-25-28)19(21-13-22-20)27-9-7-26(8-10-27)12-17(29)23-16-6-5-14(2)15(3)11-16/h5-6,11,13H,4,7-10,12H2,1-3H3,(H,23,29). The summed E-state index contributed by atoms with van der Waals surface area (Å²) in [6.45, 7) is 10.4. The zero-order valence-electron chi connectivity index (χ0n) is 17.1. The predicted molar refractivity (Wildman–Crippen MR) is 112 cm³/mol. The number of hydrogen-bond donors (Lipinski definition) is 1. The summed E-state index contributed by atoms with van der Waals surface area (Å²) in [5.74, 6) is 0.825. The first-order valence-electron chi connectivity index (χ1n) is 9.93. The summed E-state index contributed by atoms with van der Waals surface area (Å²) in [6.07, 6.45) is 1.57. The van der Waals surface area contributed by atoms with Gasteiger partial charge in [-0.1, -0.05) is 11.3 Å². The van der Waals surface area contributed by atoms with E-state index >= 15 is 0 Å². The van der Waals surface area contributed by atoms with Crippen molar-refractivity contribution in [3.8, 4) is 0 Å². The highest BCUT2D eigenvalue weighted by Crippen LogP contribution is 2.21. The molecule has 1 fully saturated rings. The molecule has 4 rings (SSSR count). The summed E-state index contributed by atoms with van der Waals surface area (Å²) in [5.41, 5.74) is 4.73. The minimum absolute atomic E-state index is 0.0111. The van der Waals surface area contributed by atoms with Crippen LogP contribution < -0.4 is 10.2 Å². The second kappa shape index (κ2) is 8.12. The lowest BCUT2D eigenvalue weighted by Crippen LogP contribution is -2.49. The fourth-order valence-electron chi connectivity index (χ4n) is 3.56. The molecular weight excluding hydrogens is 368 g/mol. The van der Waals surface area contributed by atoms with Crippen LogP contribution in [0.4, 0.5) is 11.5 Å². The number of rotatable bonds is 5. The molecule has 1 aliphatic heterocycles. The Morgan fingerprint density at radius 2 is 1.90 bits per heavy atom. The lowest BCUT2D eigenvalue weighted by Gasteiger charge is -2.34. The van der Waals surface area contributed by atoms with Crippen LogP contribution in [0.1, 0.15) is 18.1 Å². The van der Waals surface area contributed by atoms with Crippen LogP contribution in [-0.4, -0.2) is 68.5 Å². The average Bonchev–Trinajstić information content (AvgIpc) is 3.15. The maximum atomic E-state index is 12.4. The van der Waals surface area contributed by atoms with Crippen LogP contribution in [0.25, 0.3) is 11.2 Å². The molecule has 1 aliphatic rings. The Morgan fingerprint density at radius 1 is 1.10 bits per heavy atom. The number of fused-ring (bicyclic) bond motifs is 1. The Balaban J connectivity index is 1.35. The van der Waals surface area contributed by atoms with Gasteiger partial charge in [-0.05, 0) is 44.0 Å². The average molecular weight is 394 g/mol. The number of benzene rings is 1. The molecule has 1 N–H and O–H groups in total. The van der Waals surface area contributed by atoms with Crippen molar-refractivity contribution in [2.24, 2.45) is 0 Å². The molecule has 29 heavy (non-hydrogen) atoms. The number of nitrogens with one attached hydrogen (secondary N) is 1. The third-order valence-corrected chi connectivity index (χ3v) is 5.41. The zero-order valence-corrected chi connectivity index (χ0v) is 17.1. The van der Waals surface area contributed by atoms with Crippen LogP contribution in [0.15, 0.2) is 24.5 Å². The molecule has 1 amide bonds. The van der Waals surface area contributed by atoms with Gasteiger partial charge in [-0.25, -0.2) is 14.6 Å². The number of nitrogens with zero attached hydrogens (tertiary/aromatic N) is 7. The van der Waals surface area contributed by atoms with Crippen molar-refractivity contribution in [3.63, 3.8) is 0 Å². The predicted octanol–water partition coefficient (Wildman–Crippen LogP) is 1.62. The third-order valence-electron chi connectivity index (χ3n) is 5.41. The van der Waals surface area contributed by atoms with E-state index in [4.69, 9.17) is 0 Å². The molecule has 0 radical (unpaired) electrons. The monoisotopic (exact) mass is 394 g/mol. The van der Waals surface area contributed by atoms with Crippen molar-refractivity contribution in [2.45, 2.75) is 27.3 Å². The van der Waals surface area contributed by atoms with Gasteiger partial charge >= 0.3 is 0 Å². The third kappa shape index (κ3) is 4.04. The fraction of sp³-hybridized carbons (Fsp3) is 0.450. The van der Waals surface area contributed by atoms with Crippen molar-refractivity contribution in [1.29, 1.82) is 0 Å². The van der Waals surface area contributed by atoms with Gasteiger partial charge in [0, 0.05) is 38.4 Å². The number of carbonyl (C=O) groups excluding carboxylic acids is 1. The molecule has 9 nitrogen and oxygen atoms in total. The van der Waals surface area contributed by atoms with E-state index in [0.717, 1.165) is 55.4 Å². The van der Waals surface area contributed by atoms with Crippen molar-refractivity contribution < 1.29 is 4.79 Å². The second-order valence-corrected chi connectivity index (χ2v) is 7.39. The van der Waals surface area contributed by atoms with Crippen LogP contribution in [0.3, 0.4) is 0 Å². The Kier molecular flexibility index (Phi) is 5.39. The smallest absolute Gasteiger partial charge is 0.238 e. The van der Waals surface area contributed by atoms with Gasteiger partial charge in [-0.3, -0.25) is 9.69 Å².